The average molecular weight is 441 g/mol. The molecule has 1 atom stereocenters. The number of carbonyl (C=O) groups excluding carboxylic acids is 1. The molecule has 1 unspecified atom stereocenters. The number of hydrogen-bond donors (Lipinski definition) is 0. The van der Waals surface area contributed by atoms with Crippen molar-refractivity contribution in [1.29, 1.82) is 0 Å². The molecule has 1 aromatic carbocycles. The third kappa shape index (κ3) is 6.47. The first-order valence-electron chi connectivity index (χ1n) is 10.9. The molecular formula is C26H32O4S. The van der Waals surface area contributed by atoms with Gasteiger partial charge in [0, 0.05) is 28.8 Å². The van der Waals surface area contributed by atoms with Gasteiger partial charge in [-0.25, -0.2) is 4.79 Å². The molecular weight excluding hydrogens is 408 g/mol. The number of hydrogen-bond acceptors (Lipinski definition) is 5. The fourth-order valence-corrected chi connectivity index (χ4v) is 4.72. The number of esters is 1. The van der Waals surface area contributed by atoms with Crippen molar-refractivity contribution in [3.05, 3.63) is 53.9 Å². The zero-order valence-corrected chi connectivity index (χ0v) is 19.7. The smallest absolute Gasteiger partial charge is 0.330 e. The zero-order chi connectivity index (χ0) is 22.4. The largest absolute Gasteiger partial charge is 0.490 e. The van der Waals surface area contributed by atoms with E-state index in [-0.39, 0.29) is 6.10 Å². The van der Waals surface area contributed by atoms with Crippen LogP contribution in [-0.4, -0.2) is 17.7 Å². The van der Waals surface area contributed by atoms with Crippen molar-refractivity contribution in [2.24, 2.45) is 0 Å². The maximum atomic E-state index is 11.5. The second kappa shape index (κ2) is 10.2. The Morgan fingerprint density at radius 2 is 2.03 bits per heavy atom. The summed E-state index contributed by atoms with van der Waals surface area (Å²) in [4.78, 5) is 14.1. The van der Waals surface area contributed by atoms with Crippen LogP contribution < -0.4 is 4.74 Å². The van der Waals surface area contributed by atoms with E-state index in [4.69, 9.17) is 13.9 Å². The quantitative estimate of drug-likeness (QED) is 0.175. The second-order valence-corrected chi connectivity index (χ2v) is 9.72. The molecule has 2 heterocycles. The molecule has 3 aromatic rings. The molecule has 0 radical (unpaired) electrons. The Balaban J connectivity index is 1.67. The fraction of sp³-hybridized carbons (Fsp3) is 0.423. The van der Waals surface area contributed by atoms with Crippen LogP contribution in [0, 0.1) is 0 Å². The van der Waals surface area contributed by atoms with Crippen LogP contribution in [-0.2, 0) is 16.0 Å². The molecule has 0 spiro atoms. The number of aryl methyl sites for hydroxylation is 1. The molecule has 0 saturated carbocycles. The second-order valence-electron chi connectivity index (χ2n) is 8.55. The molecule has 0 amide bonds. The van der Waals surface area contributed by atoms with Crippen molar-refractivity contribution in [3.63, 3.8) is 0 Å². The van der Waals surface area contributed by atoms with Crippen LogP contribution in [0.3, 0.4) is 0 Å². The maximum absolute atomic E-state index is 11.5. The summed E-state index contributed by atoms with van der Waals surface area (Å²) in [7, 11) is 0. The predicted octanol–water partition coefficient (Wildman–Crippen LogP) is 7.56. The number of ether oxygens (including phenoxy) is 2. The number of carbonyl (C=O) groups is 1. The van der Waals surface area contributed by atoms with Gasteiger partial charge in [-0.2, -0.15) is 0 Å². The first-order chi connectivity index (χ1) is 14.8. The molecule has 4 nitrogen and oxygen atoms in total. The van der Waals surface area contributed by atoms with Crippen molar-refractivity contribution >= 4 is 28.3 Å². The normalized spacial score (nSPS) is 12.6. The van der Waals surface area contributed by atoms with Crippen molar-refractivity contribution in [3.8, 4) is 16.4 Å². The van der Waals surface area contributed by atoms with E-state index >= 15 is 0 Å². The highest BCUT2D eigenvalue weighted by Gasteiger charge is 2.25. The first kappa shape index (κ1) is 23.1. The molecule has 0 aliphatic rings. The number of furan rings is 1. The lowest BCUT2D eigenvalue weighted by Gasteiger charge is -2.28. The number of thiophene rings is 1. The Labute approximate surface area is 188 Å². The van der Waals surface area contributed by atoms with Crippen molar-refractivity contribution < 1.29 is 18.7 Å². The molecule has 0 N–H and O–H groups in total. The number of benzene rings is 1. The highest BCUT2D eigenvalue weighted by molar-refractivity contribution is 7.15. The minimum atomic E-state index is -0.638. The highest BCUT2D eigenvalue weighted by atomic mass is 32.1. The van der Waals surface area contributed by atoms with Crippen LogP contribution >= 0.6 is 11.3 Å². The lowest BCUT2D eigenvalue weighted by molar-refractivity contribution is -0.152. The van der Waals surface area contributed by atoms with Gasteiger partial charge in [-0.1, -0.05) is 26.3 Å². The van der Waals surface area contributed by atoms with Crippen LogP contribution in [0.5, 0.6) is 5.75 Å². The minimum Gasteiger partial charge on any atom is -0.490 e. The van der Waals surface area contributed by atoms with E-state index < -0.39 is 11.6 Å². The molecule has 2 aromatic heterocycles. The lowest BCUT2D eigenvalue weighted by Crippen LogP contribution is -2.33. The molecule has 5 heteroatoms. The van der Waals surface area contributed by atoms with Crippen LogP contribution in [0.1, 0.15) is 58.3 Å². The maximum Gasteiger partial charge on any atom is 0.330 e. The van der Waals surface area contributed by atoms with E-state index in [0.717, 1.165) is 33.8 Å². The monoisotopic (exact) mass is 440 g/mol. The van der Waals surface area contributed by atoms with Crippen LogP contribution in [0.25, 0.3) is 21.6 Å². The van der Waals surface area contributed by atoms with E-state index in [1.807, 2.05) is 39.0 Å². The molecule has 0 fully saturated rings. The van der Waals surface area contributed by atoms with Crippen molar-refractivity contribution in [2.45, 2.75) is 71.5 Å². The molecule has 0 bridgehead atoms. The third-order valence-corrected chi connectivity index (χ3v) is 6.24. The van der Waals surface area contributed by atoms with Crippen LogP contribution in [0.15, 0.2) is 53.5 Å². The summed E-state index contributed by atoms with van der Waals surface area (Å²) in [6, 6.07) is 12.3. The topological polar surface area (TPSA) is 48.7 Å². The van der Waals surface area contributed by atoms with Gasteiger partial charge in [0.25, 0.3) is 0 Å². The van der Waals surface area contributed by atoms with Gasteiger partial charge in [0.1, 0.15) is 22.7 Å². The lowest BCUT2D eigenvalue weighted by atomic mass is 10.0. The van der Waals surface area contributed by atoms with Gasteiger partial charge in [-0.3, -0.25) is 0 Å². The van der Waals surface area contributed by atoms with Gasteiger partial charge in [0.05, 0.1) is 11.0 Å². The van der Waals surface area contributed by atoms with E-state index in [0.29, 0.717) is 6.42 Å². The minimum absolute atomic E-state index is 0.137. The summed E-state index contributed by atoms with van der Waals surface area (Å²) < 4.78 is 17.6. The fourth-order valence-electron chi connectivity index (χ4n) is 3.72. The standard InChI is InChI=1S/C26H32O4S/c1-6-8-9-10-21-13-14-24(31-21)23-15-19-11-12-20(16-22(19)29-23)28-18(3)17-26(4,5)30-25(27)7-2/h7,11-16,18H,2,6,8-10,17H2,1,3-5H3. The summed E-state index contributed by atoms with van der Waals surface area (Å²) in [5.41, 5.74) is 0.165. The van der Waals surface area contributed by atoms with Gasteiger partial charge in [-0.05, 0) is 63.9 Å². The van der Waals surface area contributed by atoms with E-state index in [2.05, 4.69) is 31.7 Å². The third-order valence-electron chi connectivity index (χ3n) is 5.08. The Hall–Kier alpha value is -2.53. The average Bonchev–Trinajstić information content (AvgIpc) is 3.33. The van der Waals surface area contributed by atoms with Gasteiger partial charge >= 0.3 is 5.97 Å². The Bertz CT molecular complexity index is 1030. The number of fused-ring (bicyclic) bond motifs is 1. The molecule has 0 aliphatic heterocycles. The van der Waals surface area contributed by atoms with E-state index in [1.54, 1.807) is 11.3 Å². The molecule has 3 rings (SSSR count). The zero-order valence-electron chi connectivity index (χ0n) is 18.9. The summed E-state index contributed by atoms with van der Waals surface area (Å²) in [5, 5.41) is 1.05. The SMILES string of the molecule is C=CC(=O)OC(C)(C)CC(C)Oc1ccc2cc(-c3ccc(CCCCC)s3)oc2c1. The van der Waals surface area contributed by atoms with Gasteiger partial charge in [0.2, 0.25) is 0 Å². The van der Waals surface area contributed by atoms with E-state index in [9.17, 15) is 4.79 Å². The summed E-state index contributed by atoms with van der Waals surface area (Å²) in [5.74, 6) is 1.20. The first-order valence-corrected chi connectivity index (χ1v) is 11.8. The molecule has 166 valence electrons. The number of rotatable bonds is 11. The Morgan fingerprint density at radius 3 is 2.77 bits per heavy atom. The molecule has 0 saturated heterocycles. The molecule has 0 aliphatic carbocycles. The van der Waals surface area contributed by atoms with Crippen molar-refractivity contribution in [1.82, 2.24) is 0 Å². The molecule has 31 heavy (non-hydrogen) atoms. The van der Waals surface area contributed by atoms with Crippen LogP contribution in [0.4, 0.5) is 0 Å². The highest BCUT2D eigenvalue weighted by Crippen LogP contribution is 2.35. The summed E-state index contributed by atoms with van der Waals surface area (Å²) >= 11 is 1.81. The van der Waals surface area contributed by atoms with Crippen molar-refractivity contribution in [2.75, 3.05) is 0 Å². The van der Waals surface area contributed by atoms with Gasteiger partial charge in [-0.15, -0.1) is 11.3 Å². The Morgan fingerprint density at radius 1 is 1.23 bits per heavy atom. The summed E-state index contributed by atoms with van der Waals surface area (Å²) in [6.45, 7) is 11.4. The summed E-state index contributed by atoms with van der Waals surface area (Å²) in [6.07, 6.45) is 6.48. The predicted molar refractivity (Wildman–Crippen MR) is 128 cm³/mol. The van der Waals surface area contributed by atoms with Crippen LogP contribution in [0.2, 0.25) is 0 Å². The number of unbranched alkanes of at least 4 members (excludes halogenated alkanes) is 2. The Kier molecular flexibility index (Phi) is 7.60. The van der Waals surface area contributed by atoms with Gasteiger partial charge in [0.15, 0.2) is 0 Å². The van der Waals surface area contributed by atoms with E-state index in [1.165, 1.54) is 30.2 Å². The van der Waals surface area contributed by atoms with Gasteiger partial charge < -0.3 is 13.9 Å².